The molecule has 0 saturated heterocycles. The number of nitrogens with two attached hydrogens (primary N) is 1. The number of hydrogen-bond donors (Lipinski definition) is 2. The van der Waals surface area contributed by atoms with Gasteiger partial charge in [0.2, 0.25) is 0 Å². The van der Waals surface area contributed by atoms with Crippen molar-refractivity contribution in [2.24, 2.45) is 0 Å². The van der Waals surface area contributed by atoms with Crippen LogP contribution in [0.5, 0.6) is 0 Å². The monoisotopic (exact) mass is 1010 g/mol. The van der Waals surface area contributed by atoms with Gasteiger partial charge in [-0.25, -0.2) is 0 Å². The third-order valence-electron chi connectivity index (χ3n) is 7.78. The summed E-state index contributed by atoms with van der Waals surface area (Å²) in [7, 11) is -23.1. The van der Waals surface area contributed by atoms with Crippen LogP contribution in [0.4, 0.5) is 44.5 Å². The average Bonchev–Trinajstić information content (AvgIpc) is 3.10. The first kappa shape index (κ1) is 49.1. The second kappa shape index (κ2) is 17.0. The van der Waals surface area contributed by atoms with Crippen molar-refractivity contribution in [3.05, 3.63) is 186 Å². The summed E-state index contributed by atoms with van der Waals surface area (Å²) >= 11 is -0.710. The molecule has 6 aromatic rings. The highest BCUT2D eigenvalue weighted by Gasteiger charge is 2.66. The highest BCUT2D eigenvalue weighted by molar-refractivity contribution is 8.46. The molecule has 18 heteroatoms. The summed E-state index contributed by atoms with van der Waals surface area (Å²) in [5.41, 5.74) is 11.9. The molecule has 0 spiro atoms. The summed E-state index contributed by atoms with van der Waals surface area (Å²) in [6.07, 6.45) is 0.404. The second-order valence-electron chi connectivity index (χ2n) is 13.2. The van der Waals surface area contributed by atoms with Crippen molar-refractivity contribution in [3.8, 4) is 0 Å². The maximum Gasteiger partial charge on any atom is 0.358 e. The van der Waals surface area contributed by atoms with E-state index in [0.29, 0.717) is 39.8 Å². The number of nitrogen functional groups attached to an aromatic ring is 1. The minimum Gasteiger partial charge on any atom is -0.399 e. The molecule has 0 bridgehead atoms. The first-order valence-corrected chi connectivity index (χ1v) is 24.5. The van der Waals surface area contributed by atoms with Crippen molar-refractivity contribution in [2.45, 2.75) is 48.8 Å². The van der Waals surface area contributed by atoms with Crippen LogP contribution in [0.3, 0.4) is 0 Å². The largest absolute Gasteiger partial charge is 0.399 e. The lowest BCUT2D eigenvalue weighted by Crippen LogP contribution is -3.62. The minimum absolute atomic E-state index is 0.0666. The molecule has 0 aliphatic heterocycles. The molecule has 4 nitrogen and oxygen atoms in total. The number of para-hydroxylation sites is 1. The molecule has 3 N–H and O–H groups in total. The Morgan fingerprint density at radius 2 is 0.915 bits per heavy atom. The predicted octanol–water partition coefficient (Wildman–Crippen LogP) is 11.8. The van der Waals surface area contributed by atoms with Gasteiger partial charge in [0, 0.05) is 16.8 Å². The van der Waals surface area contributed by atoms with Gasteiger partial charge in [-0.3, -0.25) is 4.55 Å². The van der Waals surface area contributed by atoms with Crippen molar-refractivity contribution in [2.75, 3.05) is 5.73 Å². The summed E-state index contributed by atoms with van der Waals surface area (Å²) in [6, 6.07) is 35.0. The maximum atomic E-state index is 12.7. The zero-order chi connectivity index (χ0) is 44.6. The molecule has 59 heavy (non-hydrogen) atoms. The number of halogens is 11. The second-order valence-corrected chi connectivity index (χ2v) is 22.3. The first-order chi connectivity index (χ1) is 26.7. The zero-order valence-electron chi connectivity index (χ0n) is 31.8. The maximum absolute atomic E-state index is 12.7. The van der Waals surface area contributed by atoms with E-state index in [4.69, 9.17) is 10.3 Å². The van der Waals surface area contributed by atoms with Gasteiger partial charge in [-0.2, -0.15) is 8.42 Å². The third-order valence-corrected chi connectivity index (χ3v) is 14.6. The molecule has 0 saturated carbocycles. The van der Waals surface area contributed by atoms with E-state index in [2.05, 4.69) is 0 Å². The molecular weight excluding hydrogens is 968 g/mol. The first-order valence-electron chi connectivity index (χ1n) is 17.0. The molecule has 0 heterocycles. The fraction of sp³-hybridized carbons (Fsp3) is 0.122. The van der Waals surface area contributed by atoms with E-state index in [0.717, 1.165) is 49.2 Å². The molecule has 0 fully saturated rings. The SMILES string of the molecule is Cc1cc(C)c([I+]c2ccc(S(F)(F)(F)(F)F)cc2)c(C)c1.Cc1ccc(S(=O)(=O)O)cc1.FS(F)(F)(F)(F)c1ccc(Cc2ccccc2)cc1.Nc1ccccc1. The Balaban J connectivity index is 0.000000227. The van der Waals surface area contributed by atoms with Gasteiger partial charge in [-0.1, -0.05) is 135 Å². The van der Waals surface area contributed by atoms with Gasteiger partial charge in [0.25, 0.3) is 10.1 Å². The molecule has 0 aliphatic carbocycles. The smallest absolute Gasteiger partial charge is 0.358 e. The predicted molar refractivity (Wildman–Crippen MR) is 215 cm³/mol. The van der Waals surface area contributed by atoms with Crippen LogP contribution in [-0.4, -0.2) is 13.0 Å². The summed E-state index contributed by atoms with van der Waals surface area (Å²) in [5, 5.41) is 0. The molecule has 322 valence electrons. The van der Waals surface area contributed by atoms with Crippen LogP contribution in [0.15, 0.2) is 160 Å². The highest BCUT2D eigenvalue weighted by atomic mass is 127. The topological polar surface area (TPSA) is 80.4 Å². The number of aryl methyl sites for hydroxylation is 4. The van der Waals surface area contributed by atoms with Crippen molar-refractivity contribution in [1.82, 2.24) is 0 Å². The zero-order valence-corrected chi connectivity index (χ0v) is 36.4. The Kier molecular flexibility index (Phi) is 14.2. The van der Waals surface area contributed by atoms with Gasteiger partial charge in [0.15, 0.2) is 7.14 Å². The van der Waals surface area contributed by atoms with E-state index in [-0.39, 0.29) is 4.90 Å². The lowest BCUT2D eigenvalue weighted by atomic mass is 10.1. The van der Waals surface area contributed by atoms with Crippen LogP contribution in [0, 0.1) is 34.8 Å². The molecule has 0 aromatic heterocycles. The van der Waals surface area contributed by atoms with E-state index in [1.165, 1.54) is 24.3 Å². The van der Waals surface area contributed by atoms with Gasteiger partial charge in [0.05, 0.1) is 4.90 Å². The van der Waals surface area contributed by atoms with Crippen LogP contribution in [0.2, 0.25) is 0 Å². The lowest BCUT2D eigenvalue weighted by molar-refractivity contribution is -0.598. The standard InChI is InChI=1S/C15H15F5IS.C13H11F5S.C7H8O3S.C6H7N/c1-10-8-11(2)15(12(3)9-10)21-13-4-6-14(7-5-13)22(16,17,18,19)20;14-19(15,16,17,18)13-8-6-12(7-9-13)10-11-4-2-1-3-5-11;1-6-2-4-7(5-3-6)11(8,9)10;7-6-4-2-1-3-5-6/h4-9H,1-3H3;1-9H,10H2;2-5H,1H3,(H,8,9,10);1-5H,7H2/q+1;;;. The average molecular weight is 1010 g/mol. The van der Waals surface area contributed by atoms with Crippen molar-refractivity contribution in [3.63, 3.8) is 0 Å². The number of rotatable bonds is 7. The summed E-state index contributed by atoms with van der Waals surface area (Å²) in [6.45, 7) is 7.73. The summed E-state index contributed by atoms with van der Waals surface area (Å²) in [5.74, 6) is 0. The van der Waals surface area contributed by atoms with Gasteiger partial charge in [0.1, 0.15) is 9.79 Å². The van der Waals surface area contributed by atoms with Crippen molar-refractivity contribution >= 4 is 36.3 Å². The van der Waals surface area contributed by atoms with Crippen molar-refractivity contribution < 1.29 is 73.0 Å². The molecule has 0 aliphatic rings. The van der Waals surface area contributed by atoms with Crippen LogP contribution in [-0.2, 0) is 16.5 Å². The van der Waals surface area contributed by atoms with E-state index < -0.39 is 61.6 Å². The molecule has 0 radical (unpaired) electrons. The fourth-order valence-corrected chi connectivity index (χ4v) is 9.32. The van der Waals surface area contributed by atoms with Gasteiger partial charge in [-0.15, -0.1) is 0 Å². The van der Waals surface area contributed by atoms with E-state index in [1.807, 2.05) is 88.4 Å². The van der Waals surface area contributed by atoms with Gasteiger partial charge in [-0.05, 0) is 106 Å². The number of anilines is 1. The van der Waals surface area contributed by atoms with Crippen LogP contribution >= 0.6 is 20.4 Å². The number of benzene rings is 6. The Bertz CT molecular complexity index is 2420. The van der Waals surface area contributed by atoms with E-state index in [9.17, 15) is 47.3 Å². The molecule has 0 unspecified atom stereocenters. The van der Waals surface area contributed by atoms with E-state index >= 15 is 0 Å². The Morgan fingerprint density at radius 3 is 1.29 bits per heavy atom. The quantitative estimate of drug-likeness (QED) is 0.0723. The molecule has 0 amide bonds. The molecule has 6 aromatic carbocycles. The highest BCUT2D eigenvalue weighted by Crippen LogP contribution is 3.02. The summed E-state index contributed by atoms with van der Waals surface area (Å²) in [4.78, 5) is -3.75. The fourth-order valence-electron chi connectivity index (χ4n) is 5.03. The molecule has 6 rings (SSSR count). The Labute approximate surface area is 348 Å². The van der Waals surface area contributed by atoms with Gasteiger partial charge < -0.3 is 5.73 Å². The molecule has 0 atom stereocenters. The Morgan fingerprint density at radius 1 is 0.525 bits per heavy atom. The summed E-state index contributed by atoms with van der Waals surface area (Å²) < 4.78 is 157. The van der Waals surface area contributed by atoms with Gasteiger partial charge >= 0.3 is 41.7 Å². The van der Waals surface area contributed by atoms with Crippen LogP contribution in [0.1, 0.15) is 33.4 Å². The van der Waals surface area contributed by atoms with Crippen LogP contribution in [0.25, 0.3) is 0 Å². The molecular formula is C41H41F10INO3S3+. The number of hydrogen-bond acceptors (Lipinski definition) is 3. The van der Waals surface area contributed by atoms with E-state index in [1.54, 1.807) is 24.3 Å². The van der Waals surface area contributed by atoms with Crippen LogP contribution < -0.4 is 26.9 Å². The third kappa shape index (κ3) is 17.1. The lowest BCUT2D eigenvalue weighted by Gasteiger charge is -2.40. The van der Waals surface area contributed by atoms with Crippen molar-refractivity contribution in [1.29, 1.82) is 0 Å². The Hall–Kier alpha value is -4.24. The normalized spacial score (nSPS) is 13.9. The minimum atomic E-state index is -9.57.